The van der Waals surface area contributed by atoms with Crippen LogP contribution >= 0.6 is 0 Å². The molecule has 0 aliphatic rings. The molecule has 0 saturated heterocycles. The van der Waals surface area contributed by atoms with E-state index < -0.39 is 22.0 Å². The number of hydrogen-bond acceptors (Lipinski definition) is 6. The predicted octanol–water partition coefficient (Wildman–Crippen LogP) is 2.80. The zero-order valence-corrected chi connectivity index (χ0v) is 17.3. The summed E-state index contributed by atoms with van der Waals surface area (Å²) in [5, 5.41) is 0. The van der Waals surface area contributed by atoms with Gasteiger partial charge in [0.25, 0.3) is 10.0 Å². The number of aromatic nitrogens is 1. The quantitative estimate of drug-likeness (QED) is 0.707. The lowest BCUT2D eigenvalue weighted by atomic mass is 10.2. The number of carbonyl (C=O) groups excluding carboxylic acids is 2. The van der Waals surface area contributed by atoms with E-state index in [9.17, 15) is 18.0 Å². The van der Waals surface area contributed by atoms with Crippen molar-refractivity contribution in [3.63, 3.8) is 0 Å². The van der Waals surface area contributed by atoms with Crippen LogP contribution in [0.15, 0.2) is 29.2 Å². The van der Waals surface area contributed by atoms with Crippen LogP contribution < -0.4 is 4.72 Å². The Morgan fingerprint density at radius 2 is 1.50 bits per heavy atom. The number of sulfonamides is 1. The molecule has 8 nitrogen and oxygen atoms in total. The van der Waals surface area contributed by atoms with Crippen molar-refractivity contribution in [2.45, 2.75) is 32.6 Å². The smallest absolute Gasteiger partial charge is 0.341 e. The fourth-order valence-corrected chi connectivity index (χ4v) is 4.36. The first-order chi connectivity index (χ1) is 13.1. The third-order valence-electron chi connectivity index (χ3n) is 4.32. The van der Waals surface area contributed by atoms with E-state index in [0.717, 1.165) is 0 Å². The van der Waals surface area contributed by atoms with Gasteiger partial charge in [-0.3, -0.25) is 4.72 Å². The third kappa shape index (κ3) is 4.19. The molecule has 0 atom stereocenters. The van der Waals surface area contributed by atoms with E-state index in [1.165, 1.54) is 24.3 Å². The zero-order chi connectivity index (χ0) is 21.1. The van der Waals surface area contributed by atoms with Gasteiger partial charge in [0.05, 0.1) is 18.8 Å². The highest BCUT2D eigenvalue weighted by Gasteiger charge is 2.31. The molecule has 1 aromatic carbocycles. The molecular formula is C19H24N2O6S. The van der Waals surface area contributed by atoms with E-state index in [1.54, 1.807) is 39.3 Å². The molecule has 1 N–H and O–H groups in total. The maximum atomic E-state index is 13.0. The van der Waals surface area contributed by atoms with Gasteiger partial charge in [0, 0.05) is 24.1 Å². The molecule has 0 amide bonds. The fourth-order valence-electron chi connectivity index (χ4n) is 2.78. The van der Waals surface area contributed by atoms with Gasteiger partial charge < -0.3 is 14.0 Å². The van der Waals surface area contributed by atoms with Crippen molar-refractivity contribution in [2.24, 2.45) is 7.05 Å². The average Bonchev–Trinajstić information content (AvgIpc) is 2.87. The lowest BCUT2D eigenvalue weighted by Gasteiger charge is -2.11. The minimum Gasteiger partial charge on any atom is -0.462 e. The van der Waals surface area contributed by atoms with Crippen LogP contribution in [0.1, 0.15) is 46.0 Å². The molecule has 0 aliphatic carbocycles. The maximum Gasteiger partial charge on any atom is 0.341 e. The number of esters is 2. The molecule has 152 valence electrons. The van der Waals surface area contributed by atoms with Crippen LogP contribution in [0.2, 0.25) is 0 Å². The summed E-state index contributed by atoms with van der Waals surface area (Å²) in [6.07, 6.45) is 0. The Morgan fingerprint density at radius 1 is 0.964 bits per heavy atom. The largest absolute Gasteiger partial charge is 0.462 e. The Kier molecular flexibility index (Phi) is 6.50. The molecular weight excluding hydrogens is 384 g/mol. The predicted molar refractivity (Wildman–Crippen MR) is 104 cm³/mol. The monoisotopic (exact) mass is 408 g/mol. The molecule has 2 rings (SSSR count). The second-order valence-corrected chi connectivity index (χ2v) is 7.68. The Balaban J connectivity index is 2.41. The first-order valence-corrected chi connectivity index (χ1v) is 10.2. The van der Waals surface area contributed by atoms with Gasteiger partial charge in [-0.05, 0) is 52.0 Å². The van der Waals surface area contributed by atoms with E-state index in [4.69, 9.17) is 9.47 Å². The molecule has 0 unspecified atom stereocenters. The summed E-state index contributed by atoms with van der Waals surface area (Å²) in [4.78, 5) is 23.9. The maximum absolute atomic E-state index is 13.0. The number of benzene rings is 1. The van der Waals surface area contributed by atoms with E-state index in [0.29, 0.717) is 17.0 Å². The lowest BCUT2D eigenvalue weighted by Crippen LogP contribution is -2.18. The van der Waals surface area contributed by atoms with Gasteiger partial charge in [-0.15, -0.1) is 0 Å². The summed E-state index contributed by atoms with van der Waals surface area (Å²) in [5.74, 6) is -1.18. The molecule has 28 heavy (non-hydrogen) atoms. The molecule has 0 saturated carbocycles. The third-order valence-corrected chi connectivity index (χ3v) is 5.86. The van der Waals surface area contributed by atoms with Crippen LogP contribution in [0.3, 0.4) is 0 Å². The van der Waals surface area contributed by atoms with Crippen molar-refractivity contribution in [2.75, 3.05) is 17.9 Å². The minimum absolute atomic E-state index is 0.0116. The van der Waals surface area contributed by atoms with Crippen LogP contribution in [-0.4, -0.2) is 38.1 Å². The highest BCUT2D eigenvalue weighted by atomic mass is 32.2. The van der Waals surface area contributed by atoms with Crippen molar-refractivity contribution >= 4 is 27.6 Å². The van der Waals surface area contributed by atoms with Gasteiger partial charge in [0.1, 0.15) is 10.5 Å². The summed E-state index contributed by atoms with van der Waals surface area (Å²) < 4.78 is 40.0. The molecule has 2 aromatic rings. The van der Waals surface area contributed by atoms with Crippen LogP contribution in [0, 0.1) is 13.8 Å². The first kappa shape index (κ1) is 21.5. The molecule has 1 heterocycles. The molecule has 0 radical (unpaired) electrons. The van der Waals surface area contributed by atoms with E-state index >= 15 is 0 Å². The highest BCUT2D eigenvalue weighted by Crippen LogP contribution is 2.28. The molecule has 9 heteroatoms. The second kappa shape index (κ2) is 8.47. The van der Waals surface area contributed by atoms with Gasteiger partial charge in [0.15, 0.2) is 0 Å². The molecule has 0 aliphatic heterocycles. The summed E-state index contributed by atoms with van der Waals surface area (Å²) in [6.45, 7) is 7.01. The van der Waals surface area contributed by atoms with E-state index in [-0.39, 0.29) is 29.4 Å². The van der Waals surface area contributed by atoms with Gasteiger partial charge >= 0.3 is 11.9 Å². The number of nitrogens with zero attached hydrogens (tertiary/aromatic N) is 1. The number of rotatable bonds is 7. The molecule has 0 spiro atoms. The van der Waals surface area contributed by atoms with Crippen LogP contribution in [0.25, 0.3) is 0 Å². The fraction of sp³-hybridized carbons (Fsp3) is 0.368. The van der Waals surface area contributed by atoms with Crippen LogP contribution in [-0.2, 0) is 26.5 Å². The Hall–Kier alpha value is -2.81. The van der Waals surface area contributed by atoms with Crippen molar-refractivity contribution in [1.29, 1.82) is 0 Å². The first-order valence-electron chi connectivity index (χ1n) is 8.77. The zero-order valence-electron chi connectivity index (χ0n) is 16.5. The summed E-state index contributed by atoms with van der Waals surface area (Å²) in [6, 6.07) is 5.84. The van der Waals surface area contributed by atoms with Crippen molar-refractivity contribution in [3.05, 3.63) is 46.8 Å². The SMILES string of the molecule is CCOC(=O)c1ccc(NS(=O)(=O)c2c(C(=O)OCC)c(C)n(C)c2C)cc1. The van der Waals surface area contributed by atoms with Crippen LogP contribution in [0.5, 0.6) is 0 Å². The molecule has 1 aromatic heterocycles. The molecule has 0 fully saturated rings. The van der Waals surface area contributed by atoms with Gasteiger partial charge in [-0.25, -0.2) is 18.0 Å². The van der Waals surface area contributed by atoms with Crippen molar-refractivity contribution in [1.82, 2.24) is 4.57 Å². The Bertz CT molecular complexity index is 990. The number of carbonyl (C=O) groups is 2. The van der Waals surface area contributed by atoms with E-state index in [1.807, 2.05) is 0 Å². The van der Waals surface area contributed by atoms with Crippen molar-refractivity contribution < 1.29 is 27.5 Å². The van der Waals surface area contributed by atoms with Crippen molar-refractivity contribution in [3.8, 4) is 0 Å². The number of ether oxygens (including phenoxy) is 2. The summed E-state index contributed by atoms with van der Waals surface area (Å²) in [5.41, 5.74) is 1.48. The van der Waals surface area contributed by atoms with Gasteiger partial charge in [0.2, 0.25) is 0 Å². The second-order valence-electron chi connectivity index (χ2n) is 6.06. The summed E-state index contributed by atoms with van der Waals surface area (Å²) in [7, 11) is -2.39. The Morgan fingerprint density at radius 3 is 2.04 bits per heavy atom. The average molecular weight is 408 g/mol. The number of nitrogens with one attached hydrogen (secondary N) is 1. The van der Waals surface area contributed by atoms with Gasteiger partial charge in [-0.2, -0.15) is 0 Å². The Labute approximate surface area is 164 Å². The molecule has 0 bridgehead atoms. The minimum atomic E-state index is -4.07. The topological polar surface area (TPSA) is 104 Å². The summed E-state index contributed by atoms with van der Waals surface area (Å²) >= 11 is 0. The number of anilines is 1. The number of hydrogen-bond donors (Lipinski definition) is 1. The van der Waals surface area contributed by atoms with Crippen LogP contribution in [0.4, 0.5) is 5.69 Å². The standard InChI is InChI=1S/C19H24N2O6S/c1-6-26-18(22)14-8-10-15(11-9-14)20-28(24,25)17-13(4)21(5)12(3)16(17)19(23)27-7-2/h8-11,20H,6-7H2,1-5H3. The highest BCUT2D eigenvalue weighted by molar-refractivity contribution is 7.92. The lowest BCUT2D eigenvalue weighted by molar-refractivity contribution is 0.0514. The normalized spacial score (nSPS) is 11.2. The van der Waals surface area contributed by atoms with E-state index in [2.05, 4.69) is 4.72 Å². The van der Waals surface area contributed by atoms with Gasteiger partial charge in [-0.1, -0.05) is 0 Å².